The average Bonchev–Trinajstić information content (AvgIpc) is 2.97. The van der Waals surface area contributed by atoms with Gasteiger partial charge in [0.15, 0.2) is 0 Å². The van der Waals surface area contributed by atoms with Crippen molar-refractivity contribution in [2.24, 2.45) is 0 Å². The lowest BCUT2D eigenvalue weighted by atomic mass is 10.2. The molecule has 0 unspecified atom stereocenters. The smallest absolute Gasteiger partial charge is 0.268 e. The molecule has 0 bridgehead atoms. The number of nitrogens with zero attached hydrogens (tertiary/aromatic N) is 3. The summed E-state index contributed by atoms with van der Waals surface area (Å²) in [6, 6.07) is 12.4. The van der Waals surface area contributed by atoms with Gasteiger partial charge in [0, 0.05) is 31.9 Å². The number of piperazine rings is 1. The van der Waals surface area contributed by atoms with Crippen LogP contribution >= 0.6 is 27.3 Å². The zero-order valence-electron chi connectivity index (χ0n) is 13.0. The first kappa shape index (κ1) is 15.8. The van der Waals surface area contributed by atoms with Gasteiger partial charge in [0.1, 0.15) is 10.5 Å². The van der Waals surface area contributed by atoms with Crippen LogP contribution in [-0.2, 0) is 6.54 Å². The van der Waals surface area contributed by atoms with E-state index in [-0.39, 0.29) is 5.56 Å². The molecule has 5 nitrogen and oxygen atoms in total. The van der Waals surface area contributed by atoms with Crippen molar-refractivity contribution in [3.8, 4) is 0 Å². The molecule has 3 aromatic rings. The van der Waals surface area contributed by atoms with Crippen LogP contribution in [0, 0.1) is 0 Å². The van der Waals surface area contributed by atoms with Gasteiger partial charge in [0.25, 0.3) is 5.56 Å². The molecule has 4 rings (SSSR count). The minimum absolute atomic E-state index is 0.0476. The molecule has 0 saturated carbocycles. The SMILES string of the molecule is O=c1[nH]c(CN2CCN(c3ccccc3)CC2)nc2cc(Br)sc12. The van der Waals surface area contributed by atoms with Crippen LogP contribution in [0.25, 0.3) is 10.2 Å². The molecule has 1 aromatic carbocycles. The van der Waals surface area contributed by atoms with Crippen LogP contribution in [0.5, 0.6) is 0 Å². The Morgan fingerprint density at radius 1 is 1.17 bits per heavy atom. The summed E-state index contributed by atoms with van der Waals surface area (Å²) in [6.45, 7) is 4.58. The normalized spacial score (nSPS) is 16.0. The second-order valence-corrected chi connectivity index (χ2v) is 8.31. The molecule has 24 heavy (non-hydrogen) atoms. The van der Waals surface area contributed by atoms with E-state index in [4.69, 9.17) is 0 Å². The molecule has 3 heterocycles. The summed E-state index contributed by atoms with van der Waals surface area (Å²) in [4.78, 5) is 24.4. The average molecular weight is 405 g/mol. The predicted molar refractivity (Wildman–Crippen MR) is 102 cm³/mol. The summed E-state index contributed by atoms with van der Waals surface area (Å²) < 4.78 is 1.61. The zero-order chi connectivity index (χ0) is 16.5. The third-order valence-corrected chi connectivity index (χ3v) is 5.89. The largest absolute Gasteiger partial charge is 0.369 e. The molecule has 124 valence electrons. The Hall–Kier alpha value is -1.70. The summed E-state index contributed by atoms with van der Waals surface area (Å²) in [5.74, 6) is 0.742. The highest BCUT2D eigenvalue weighted by Crippen LogP contribution is 2.25. The van der Waals surface area contributed by atoms with E-state index in [1.807, 2.05) is 12.1 Å². The molecule has 1 aliphatic heterocycles. The summed E-state index contributed by atoms with van der Waals surface area (Å²) in [7, 11) is 0. The molecular formula is C17H17BrN4OS. The second kappa shape index (κ2) is 6.66. The van der Waals surface area contributed by atoms with Crippen LogP contribution in [-0.4, -0.2) is 41.0 Å². The fourth-order valence-corrected chi connectivity index (χ4v) is 4.47. The molecule has 1 N–H and O–H groups in total. The Bertz CT molecular complexity index is 900. The van der Waals surface area contributed by atoms with Crippen molar-refractivity contribution in [2.75, 3.05) is 31.1 Å². The first-order valence-corrected chi connectivity index (χ1v) is 9.50. The van der Waals surface area contributed by atoms with Gasteiger partial charge >= 0.3 is 0 Å². The van der Waals surface area contributed by atoms with Crippen LogP contribution in [0.2, 0.25) is 0 Å². The molecule has 0 aliphatic carbocycles. The number of rotatable bonds is 3. The van der Waals surface area contributed by atoms with Crippen molar-refractivity contribution >= 4 is 43.2 Å². The first-order chi connectivity index (χ1) is 11.7. The summed E-state index contributed by atoms with van der Waals surface area (Å²) in [5.41, 5.74) is 2.00. The number of nitrogens with one attached hydrogen (secondary N) is 1. The highest BCUT2D eigenvalue weighted by molar-refractivity contribution is 9.11. The van der Waals surface area contributed by atoms with Gasteiger partial charge in [-0.15, -0.1) is 11.3 Å². The maximum absolute atomic E-state index is 12.2. The van der Waals surface area contributed by atoms with E-state index in [9.17, 15) is 4.79 Å². The molecule has 0 spiro atoms. The number of halogens is 1. The van der Waals surface area contributed by atoms with Crippen molar-refractivity contribution < 1.29 is 0 Å². The number of para-hydroxylation sites is 1. The number of hydrogen-bond donors (Lipinski definition) is 1. The Balaban J connectivity index is 1.45. The van der Waals surface area contributed by atoms with E-state index < -0.39 is 0 Å². The van der Waals surface area contributed by atoms with Gasteiger partial charge < -0.3 is 9.88 Å². The number of hydrogen-bond acceptors (Lipinski definition) is 5. The van der Waals surface area contributed by atoms with E-state index in [0.717, 1.165) is 41.3 Å². The predicted octanol–water partition coefficient (Wildman–Crippen LogP) is 3.07. The number of thiophene rings is 1. The lowest BCUT2D eigenvalue weighted by Crippen LogP contribution is -2.46. The molecule has 7 heteroatoms. The standard InChI is InChI=1S/C17H17BrN4OS/c18-14-10-13-16(24-14)17(23)20-15(19-13)11-21-6-8-22(9-7-21)12-4-2-1-3-5-12/h1-5,10H,6-9,11H2,(H,19,20,23). The molecule has 1 saturated heterocycles. The van der Waals surface area contributed by atoms with E-state index in [1.165, 1.54) is 17.0 Å². The topological polar surface area (TPSA) is 52.2 Å². The van der Waals surface area contributed by atoms with Crippen molar-refractivity contribution in [1.29, 1.82) is 0 Å². The maximum atomic E-state index is 12.2. The van der Waals surface area contributed by atoms with Gasteiger partial charge in [-0.05, 0) is 34.1 Å². The van der Waals surface area contributed by atoms with Crippen LogP contribution in [0.15, 0.2) is 45.0 Å². The van der Waals surface area contributed by atoms with Gasteiger partial charge in [-0.1, -0.05) is 18.2 Å². The van der Waals surface area contributed by atoms with Crippen molar-refractivity contribution in [2.45, 2.75) is 6.54 Å². The fraction of sp³-hybridized carbons (Fsp3) is 0.294. The number of aromatic amines is 1. The number of anilines is 1. The Morgan fingerprint density at radius 3 is 2.67 bits per heavy atom. The van der Waals surface area contributed by atoms with Crippen LogP contribution in [0.1, 0.15) is 5.82 Å². The summed E-state index contributed by atoms with van der Waals surface area (Å²) in [5, 5.41) is 0. The number of benzene rings is 1. The van der Waals surface area contributed by atoms with Gasteiger partial charge in [-0.25, -0.2) is 4.98 Å². The van der Waals surface area contributed by atoms with Crippen LogP contribution in [0.4, 0.5) is 5.69 Å². The first-order valence-electron chi connectivity index (χ1n) is 7.89. The number of fused-ring (bicyclic) bond motifs is 1. The van der Waals surface area contributed by atoms with E-state index >= 15 is 0 Å². The van der Waals surface area contributed by atoms with Crippen LogP contribution < -0.4 is 10.5 Å². The molecule has 2 aromatic heterocycles. The third kappa shape index (κ3) is 3.24. The van der Waals surface area contributed by atoms with Crippen molar-refractivity contribution in [3.05, 3.63) is 56.4 Å². The molecule has 0 radical (unpaired) electrons. The minimum atomic E-state index is -0.0476. The number of aromatic nitrogens is 2. The highest BCUT2D eigenvalue weighted by Gasteiger charge is 2.18. The lowest BCUT2D eigenvalue weighted by molar-refractivity contribution is 0.244. The second-order valence-electron chi connectivity index (χ2n) is 5.88. The van der Waals surface area contributed by atoms with Crippen molar-refractivity contribution in [1.82, 2.24) is 14.9 Å². The van der Waals surface area contributed by atoms with E-state index in [1.54, 1.807) is 0 Å². The monoisotopic (exact) mass is 404 g/mol. The van der Waals surface area contributed by atoms with E-state index in [0.29, 0.717) is 11.2 Å². The lowest BCUT2D eigenvalue weighted by Gasteiger charge is -2.35. The molecule has 0 amide bonds. The minimum Gasteiger partial charge on any atom is -0.369 e. The summed E-state index contributed by atoms with van der Waals surface area (Å²) in [6.07, 6.45) is 0. The zero-order valence-corrected chi connectivity index (χ0v) is 15.4. The maximum Gasteiger partial charge on any atom is 0.268 e. The quantitative estimate of drug-likeness (QED) is 0.728. The molecular weight excluding hydrogens is 388 g/mol. The van der Waals surface area contributed by atoms with Gasteiger partial charge in [-0.2, -0.15) is 0 Å². The molecule has 1 aliphatic rings. The fourth-order valence-electron chi connectivity index (χ4n) is 3.05. The Kier molecular flexibility index (Phi) is 4.39. The number of H-pyrrole nitrogens is 1. The van der Waals surface area contributed by atoms with Gasteiger partial charge in [0.2, 0.25) is 0 Å². The Morgan fingerprint density at radius 2 is 1.92 bits per heavy atom. The third-order valence-electron chi connectivity index (χ3n) is 4.27. The van der Waals surface area contributed by atoms with Crippen LogP contribution in [0.3, 0.4) is 0 Å². The van der Waals surface area contributed by atoms with Gasteiger partial charge in [0.05, 0.1) is 15.8 Å². The Labute approximate surface area is 152 Å². The van der Waals surface area contributed by atoms with E-state index in [2.05, 4.69) is 60.0 Å². The van der Waals surface area contributed by atoms with Crippen molar-refractivity contribution in [3.63, 3.8) is 0 Å². The molecule has 0 atom stereocenters. The highest BCUT2D eigenvalue weighted by atomic mass is 79.9. The summed E-state index contributed by atoms with van der Waals surface area (Å²) >= 11 is 4.84. The van der Waals surface area contributed by atoms with Gasteiger partial charge in [-0.3, -0.25) is 9.69 Å². The molecule has 1 fully saturated rings.